The van der Waals surface area contributed by atoms with Crippen molar-refractivity contribution >= 4 is 31.9 Å². The molecule has 1 fully saturated rings. The normalized spacial score (nSPS) is 28.5. The van der Waals surface area contributed by atoms with Crippen LogP contribution in [0.5, 0.6) is 0 Å². The minimum atomic E-state index is 0.111. The van der Waals surface area contributed by atoms with Crippen molar-refractivity contribution < 1.29 is 4.74 Å². The monoisotopic (exact) mass is 422 g/mol. The van der Waals surface area contributed by atoms with E-state index >= 15 is 0 Å². The second-order valence-corrected chi connectivity index (χ2v) is 8.04. The summed E-state index contributed by atoms with van der Waals surface area (Å²) in [5.74, 6) is 0. The van der Waals surface area contributed by atoms with Gasteiger partial charge in [0.15, 0.2) is 0 Å². The van der Waals surface area contributed by atoms with E-state index in [0.29, 0.717) is 15.8 Å². The average molecular weight is 424 g/mol. The van der Waals surface area contributed by atoms with Gasteiger partial charge >= 0.3 is 0 Å². The van der Waals surface area contributed by atoms with E-state index in [9.17, 15) is 0 Å². The van der Waals surface area contributed by atoms with Gasteiger partial charge in [0.1, 0.15) is 0 Å². The third-order valence-corrected chi connectivity index (χ3v) is 6.96. The Kier molecular flexibility index (Phi) is 5.72. The van der Waals surface area contributed by atoms with Crippen LogP contribution in [-0.4, -0.2) is 15.8 Å². The summed E-state index contributed by atoms with van der Waals surface area (Å²) in [6, 6.07) is 21.2. The predicted molar refractivity (Wildman–Crippen MR) is 98.9 cm³/mol. The molecule has 1 aliphatic rings. The summed E-state index contributed by atoms with van der Waals surface area (Å²) in [5, 5.41) is 0. The Hall–Kier alpha value is -0.640. The maximum atomic E-state index is 6.40. The second kappa shape index (κ2) is 7.76. The second-order valence-electron chi connectivity index (χ2n) is 5.81. The van der Waals surface area contributed by atoms with Crippen molar-refractivity contribution in [2.24, 2.45) is 0 Å². The maximum absolute atomic E-state index is 6.40. The van der Waals surface area contributed by atoms with Gasteiger partial charge in [0.2, 0.25) is 0 Å². The van der Waals surface area contributed by atoms with E-state index in [1.807, 2.05) is 6.07 Å². The number of ether oxygens (including phenoxy) is 1. The third kappa shape index (κ3) is 4.01. The Morgan fingerprint density at radius 3 is 2.23 bits per heavy atom. The Labute approximate surface area is 149 Å². The topological polar surface area (TPSA) is 9.23 Å². The van der Waals surface area contributed by atoms with Gasteiger partial charge in [-0.15, -0.1) is 0 Å². The van der Waals surface area contributed by atoms with E-state index in [-0.39, 0.29) is 6.10 Å². The summed E-state index contributed by atoms with van der Waals surface area (Å²) >= 11 is 7.64. The Balaban J connectivity index is 1.66. The molecule has 0 amide bonds. The lowest BCUT2D eigenvalue weighted by molar-refractivity contribution is -0.0458. The van der Waals surface area contributed by atoms with Crippen LogP contribution in [0, 0.1) is 0 Å². The predicted octanol–water partition coefficient (Wildman–Crippen LogP) is 5.68. The largest absolute Gasteiger partial charge is 0.369 e. The van der Waals surface area contributed by atoms with Crippen molar-refractivity contribution in [1.82, 2.24) is 0 Å². The van der Waals surface area contributed by atoms with Crippen molar-refractivity contribution in [1.29, 1.82) is 0 Å². The highest BCUT2D eigenvalue weighted by Gasteiger charge is 2.36. The fourth-order valence-electron chi connectivity index (χ4n) is 2.97. The number of rotatable bonds is 4. The zero-order valence-electron chi connectivity index (χ0n) is 12.4. The molecule has 1 saturated heterocycles. The molecule has 22 heavy (non-hydrogen) atoms. The van der Waals surface area contributed by atoms with Gasteiger partial charge in [0.25, 0.3) is 0 Å². The molecule has 0 radical (unpaired) electrons. The van der Waals surface area contributed by atoms with Crippen LogP contribution in [0.25, 0.3) is 0 Å². The van der Waals surface area contributed by atoms with Gasteiger partial charge in [-0.25, -0.2) is 0 Å². The van der Waals surface area contributed by atoms with E-state index in [0.717, 1.165) is 19.3 Å². The molecule has 1 aliphatic heterocycles. The standard InChI is InChI=1S/C19H20Br2O/c20-17-13-16(12-11-14-7-3-1-4-8-14)22-19(18(17)21)15-9-5-2-6-10-15/h1-10,16-19H,11-13H2/t16-,17+,18-,19+/m0/s1. The molecular formula is C19H20Br2O. The molecule has 0 bridgehead atoms. The third-order valence-electron chi connectivity index (χ3n) is 4.19. The summed E-state index contributed by atoms with van der Waals surface area (Å²) < 4.78 is 6.40. The van der Waals surface area contributed by atoms with Gasteiger partial charge < -0.3 is 4.74 Å². The summed E-state index contributed by atoms with van der Waals surface area (Å²) in [5.41, 5.74) is 2.63. The molecule has 2 aromatic rings. The fraction of sp³-hybridized carbons (Fsp3) is 0.368. The molecule has 116 valence electrons. The van der Waals surface area contributed by atoms with Crippen molar-refractivity contribution in [3.8, 4) is 0 Å². The molecule has 0 saturated carbocycles. The van der Waals surface area contributed by atoms with E-state index in [1.54, 1.807) is 0 Å². The lowest BCUT2D eigenvalue weighted by Gasteiger charge is -2.37. The average Bonchev–Trinajstić information content (AvgIpc) is 2.57. The lowest BCUT2D eigenvalue weighted by atomic mass is 9.95. The van der Waals surface area contributed by atoms with Crippen LogP contribution in [0.1, 0.15) is 30.1 Å². The van der Waals surface area contributed by atoms with Crippen molar-refractivity contribution in [3.05, 3.63) is 71.8 Å². The Morgan fingerprint density at radius 1 is 0.909 bits per heavy atom. The van der Waals surface area contributed by atoms with Crippen LogP contribution in [0.2, 0.25) is 0 Å². The maximum Gasteiger partial charge on any atom is 0.0964 e. The minimum Gasteiger partial charge on any atom is -0.369 e. The number of aryl methyl sites for hydroxylation is 1. The first kappa shape index (κ1) is 16.2. The number of halogens is 2. The summed E-state index contributed by atoms with van der Waals surface area (Å²) in [6.07, 6.45) is 3.59. The minimum absolute atomic E-state index is 0.111. The number of alkyl halides is 2. The molecule has 4 atom stereocenters. The highest BCUT2D eigenvalue weighted by atomic mass is 79.9. The van der Waals surface area contributed by atoms with Crippen molar-refractivity contribution in [2.45, 2.75) is 41.1 Å². The van der Waals surface area contributed by atoms with E-state index in [1.165, 1.54) is 11.1 Å². The summed E-state index contributed by atoms with van der Waals surface area (Å²) in [4.78, 5) is 0.745. The molecule has 3 rings (SSSR count). The highest BCUT2D eigenvalue weighted by molar-refractivity contribution is 9.12. The van der Waals surface area contributed by atoms with Crippen LogP contribution < -0.4 is 0 Å². The number of benzene rings is 2. The van der Waals surface area contributed by atoms with Gasteiger partial charge in [-0.3, -0.25) is 0 Å². The van der Waals surface area contributed by atoms with Crippen LogP contribution in [-0.2, 0) is 11.2 Å². The molecule has 0 aliphatic carbocycles. The van der Waals surface area contributed by atoms with Crippen LogP contribution in [0.4, 0.5) is 0 Å². The first-order valence-corrected chi connectivity index (χ1v) is 9.59. The molecule has 0 spiro atoms. The first-order valence-electron chi connectivity index (χ1n) is 7.76. The Morgan fingerprint density at radius 2 is 1.55 bits per heavy atom. The van der Waals surface area contributed by atoms with E-state index in [2.05, 4.69) is 86.5 Å². The highest BCUT2D eigenvalue weighted by Crippen LogP contribution is 2.40. The molecule has 1 nitrogen and oxygen atoms in total. The quantitative estimate of drug-likeness (QED) is 0.575. The molecule has 3 heteroatoms. The zero-order valence-corrected chi connectivity index (χ0v) is 15.5. The summed E-state index contributed by atoms with van der Waals surface area (Å²) in [7, 11) is 0. The van der Waals surface area contributed by atoms with E-state index in [4.69, 9.17) is 4.74 Å². The van der Waals surface area contributed by atoms with Crippen LogP contribution in [0.3, 0.4) is 0 Å². The molecule has 0 N–H and O–H groups in total. The molecule has 1 heterocycles. The molecule has 2 aromatic carbocycles. The van der Waals surface area contributed by atoms with E-state index < -0.39 is 0 Å². The zero-order chi connectivity index (χ0) is 15.4. The molecule has 0 unspecified atom stereocenters. The van der Waals surface area contributed by atoms with Crippen molar-refractivity contribution in [3.63, 3.8) is 0 Å². The van der Waals surface area contributed by atoms with Crippen molar-refractivity contribution in [2.75, 3.05) is 0 Å². The summed E-state index contributed by atoms with van der Waals surface area (Å²) in [6.45, 7) is 0. The smallest absolute Gasteiger partial charge is 0.0964 e. The fourth-order valence-corrected chi connectivity index (χ4v) is 4.31. The van der Waals surface area contributed by atoms with Gasteiger partial charge in [-0.1, -0.05) is 92.5 Å². The SMILES string of the molecule is Br[C@H]1[C@H](Br)C[C@H](CCc2ccccc2)O[C@@H]1c1ccccc1. The van der Waals surface area contributed by atoms with Crippen LogP contribution in [0.15, 0.2) is 60.7 Å². The molecule has 0 aromatic heterocycles. The van der Waals surface area contributed by atoms with Gasteiger partial charge in [0.05, 0.1) is 17.0 Å². The van der Waals surface area contributed by atoms with Gasteiger partial charge in [-0.05, 0) is 30.4 Å². The number of hydrogen-bond acceptors (Lipinski definition) is 1. The van der Waals surface area contributed by atoms with Crippen LogP contribution >= 0.6 is 31.9 Å². The van der Waals surface area contributed by atoms with Gasteiger partial charge in [0, 0.05) is 4.83 Å². The molecular weight excluding hydrogens is 404 g/mol. The Bertz CT molecular complexity index is 573. The first-order chi connectivity index (χ1) is 10.7. The number of hydrogen-bond donors (Lipinski definition) is 0. The lowest BCUT2D eigenvalue weighted by Crippen LogP contribution is -2.37. The van der Waals surface area contributed by atoms with Gasteiger partial charge in [-0.2, -0.15) is 0 Å².